The lowest BCUT2D eigenvalue weighted by Gasteiger charge is -2.27. The van der Waals surface area contributed by atoms with Crippen molar-refractivity contribution in [1.29, 1.82) is 0 Å². The van der Waals surface area contributed by atoms with E-state index in [1.165, 1.54) is 36.8 Å². The first kappa shape index (κ1) is 15.1. The summed E-state index contributed by atoms with van der Waals surface area (Å²) in [7, 11) is 6.80. The molecule has 2 fully saturated rings. The SMILES string of the molecule is Cc1cccc(CN(C)C2C[C@H]3CC(N(C)C)C[C@H]3C2)c1. The second-order valence-corrected chi connectivity index (χ2v) is 7.64. The molecule has 2 aliphatic carbocycles. The topological polar surface area (TPSA) is 6.48 Å². The average Bonchev–Trinajstić information content (AvgIpc) is 2.96. The van der Waals surface area contributed by atoms with Gasteiger partial charge in [-0.1, -0.05) is 29.8 Å². The lowest BCUT2D eigenvalue weighted by atomic mass is 10.0. The highest BCUT2D eigenvalue weighted by Crippen LogP contribution is 2.46. The maximum Gasteiger partial charge on any atom is 0.0233 e. The molecule has 0 amide bonds. The van der Waals surface area contributed by atoms with Crippen LogP contribution in [0.4, 0.5) is 0 Å². The van der Waals surface area contributed by atoms with E-state index in [1.807, 2.05) is 0 Å². The first-order valence-electron chi connectivity index (χ1n) is 8.45. The minimum atomic E-state index is 0.795. The Morgan fingerprint density at radius 1 is 0.952 bits per heavy atom. The zero-order valence-corrected chi connectivity index (χ0v) is 14.0. The highest BCUT2D eigenvalue weighted by atomic mass is 15.1. The van der Waals surface area contributed by atoms with Crippen LogP contribution in [0.5, 0.6) is 0 Å². The van der Waals surface area contributed by atoms with Crippen LogP contribution < -0.4 is 0 Å². The fraction of sp³-hybridized carbons (Fsp3) is 0.684. The van der Waals surface area contributed by atoms with E-state index in [-0.39, 0.29) is 0 Å². The minimum Gasteiger partial charge on any atom is -0.306 e. The third kappa shape index (κ3) is 3.32. The maximum atomic E-state index is 2.60. The number of aryl methyl sites for hydroxylation is 1. The Hall–Kier alpha value is -0.860. The van der Waals surface area contributed by atoms with Crippen molar-refractivity contribution in [2.45, 2.75) is 51.2 Å². The first-order chi connectivity index (χ1) is 10.0. The van der Waals surface area contributed by atoms with Crippen molar-refractivity contribution >= 4 is 0 Å². The highest BCUT2D eigenvalue weighted by Gasteiger charge is 2.43. The van der Waals surface area contributed by atoms with Crippen LogP contribution in [-0.4, -0.2) is 43.0 Å². The Bertz CT molecular complexity index is 468. The summed E-state index contributed by atoms with van der Waals surface area (Å²) in [6, 6.07) is 10.6. The molecule has 3 rings (SSSR count). The Morgan fingerprint density at radius 3 is 2.14 bits per heavy atom. The highest BCUT2D eigenvalue weighted by molar-refractivity contribution is 5.22. The summed E-state index contributed by atoms with van der Waals surface area (Å²) in [6.07, 6.45) is 5.67. The van der Waals surface area contributed by atoms with Gasteiger partial charge < -0.3 is 4.90 Å². The molecule has 4 atom stereocenters. The molecule has 0 spiro atoms. The number of nitrogens with zero attached hydrogens (tertiary/aromatic N) is 2. The van der Waals surface area contributed by atoms with Crippen molar-refractivity contribution in [2.24, 2.45) is 11.8 Å². The molecule has 116 valence electrons. The van der Waals surface area contributed by atoms with Crippen LogP contribution in [0.15, 0.2) is 24.3 Å². The Balaban J connectivity index is 1.55. The van der Waals surface area contributed by atoms with E-state index in [0.717, 1.165) is 30.5 Å². The second-order valence-electron chi connectivity index (χ2n) is 7.64. The largest absolute Gasteiger partial charge is 0.306 e. The van der Waals surface area contributed by atoms with E-state index in [2.05, 4.69) is 62.1 Å². The van der Waals surface area contributed by atoms with E-state index < -0.39 is 0 Å². The van der Waals surface area contributed by atoms with Crippen LogP contribution >= 0.6 is 0 Å². The standard InChI is InChI=1S/C19H30N2/c1-14-6-5-7-15(8-14)13-21(4)19-11-16-9-18(20(2)3)10-17(16)12-19/h5-8,16-19H,9-13H2,1-4H3/t16-,17+,18?,19?. The molecule has 1 aromatic rings. The van der Waals surface area contributed by atoms with Gasteiger partial charge in [-0.3, -0.25) is 4.90 Å². The number of hydrogen-bond donors (Lipinski definition) is 0. The average molecular weight is 286 g/mol. The molecule has 2 saturated carbocycles. The second kappa shape index (κ2) is 6.10. The Kier molecular flexibility index (Phi) is 4.37. The predicted molar refractivity (Wildman–Crippen MR) is 89.4 cm³/mol. The van der Waals surface area contributed by atoms with E-state index in [1.54, 1.807) is 0 Å². The molecule has 0 radical (unpaired) electrons. The quantitative estimate of drug-likeness (QED) is 0.835. The van der Waals surface area contributed by atoms with Crippen molar-refractivity contribution in [2.75, 3.05) is 21.1 Å². The molecule has 0 saturated heterocycles. The summed E-state index contributed by atoms with van der Waals surface area (Å²) < 4.78 is 0. The molecule has 0 N–H and O–H groups in total. The van der Waals surface area contributed by atoms with Gasteiger partial charge in [-0.05, 0) is 71.1 Å². The van der Waals surface area contributed by atoms with Crippen LogP contribution in [0.2, 0.25) is 0 Å². The van der Waals surface area contributed by atoms with Crippen molar-refractivity contribution in [3.63, 3.8) is 0 Å². The lowest BCUT2D eigenvalue weighted by Crippen LogP contribution is -2.31. The molecule has 2 heteroatoms. The fourth-order valence-corrected chi connectivity index (χ4v) is 4.56. The van der Waals surface area contributed by atoms with Gasteiger partial charge in [0.25, 0.3) is 0 Å². The summed E-state index contributed by atoms with van der Waals surface area (Å²) >= 11 is 0. The number of fused-ring (bicyclic) bond motifs is 1. The monoisotopic (exact) mass is 286 g/mol. The van der Waals surface area contributed by atoms with Crippen molar-refractivity contribution in [3.8, 4) is 0 Å². The van der Waals surface area contributed by atoms with E-state index >= 15 is 0 Å². The van der Waals surface area contributed by atoms with Crippen molar-refractivity contribution in [3.05, 3.63) is 35.4 Å². The van der Waals surface area contributed by atoms with Gasteiger partial charge in [-0.25, -0.2) is 0 Å². The van der Waals surface area contributed by atoms with E-state index in [0.29, 0.717) is 0 Å². The summed E-state index contributed by atoms with van der Waals surface area (Å²) in [6.45, 7) is 3.29. The van der Waals surface area contributed by atoms with Crippen molar-refractivity contribution in [1.82, 2.24) is 9.80 Å². The molecule has 0 aromatic heterocycles. The molecule has 21 heavy (non-hydrogen) atoms. The third-order valence-electron chi connectivity index (χ3n) is 5.83. The lowest BCUT2D eigenvalue weighted by molar-refractivity contribution is 0.212. The number of rotatable bonds is 4. The molecule has 0 bridgehead atoms. The van der Waals surface area contributed by atoms with Crippen LogP contribution in [0.3, 0.4) is 0 Å². The van der Waals surface area contributed by atoms with E-state index in [9.17, 15) is 0 Å². The molecular formula is C19H30N2. The van der Waals surface area contributed by atoms with Gasteiger partial charge >= 0.3 is 0 Å². The van der Waals surface area contributed by atoms with Crippen LogP contribution in [-0.2, 0) is 6.54 Å². The van der Waals surface area contributed by atoms with Crippen molar-refractivity contribution < 1.29 is 0 Å². The van der Waals surface area contributed by atoms with Gasteiger partial charge in [0.15, 0.2) is 0 Å². The molecule has 2 unspecified atom stereocenters. The maximum absolute atomic E-state index is 2.60. The van der Waals surface area contributed by atoms with Crippen LogP contribution in [0.25, 0.3) is 0 Å². The smallest absolute Gasteiger partial charge is 0.0233 e. The molecule has 1 aromatic carbocycles. The fourth-order valence-electron chi connectivity index (χ4n) is 4.56. The van der Waals surface area contributed by atoms with Crippen LogP contribution in [0, 0.1) is 18.8 Å². The number of benzene rings is 1. The summed E-state index contributed by atoms with van der Waals surface area (Å²) in [5, 5.41) is 0. The van der Waals surface area contributed by atoms with Gasteiger partial charge in [0.2, 0.25) is 0 Å². The first-order valence-corrected chi connectivity index (χ1v) is 8.45. The summed E-state index contributed by atoms with van der Waals surface area (Å²) in [4.78, 5) is 5.03. The normalized spacial score (nSPS) is 32.1. The Morgan fingerprint density at radius 2 is 1.57 bits per heavy atom. The summed E-state index contributed by atoms with van der Waals surface area (Å²) in [5.41, 5.74) is 2.83. The minimum absolute atomic E-state index is 0.795. The predicted octanol–water partition coefficient (Wildman–Crippen LogP) is 3.55. The molecular weight excluding hydrogens is 256 g/mol. The molecule has 2 nitrogen and oxygen atoms in total. The zero-order valence-electron chi connectivity index (χ0n) is 14.0. The van der Waals surface area contributed by atoms with Gasteiger partial charge in [0.1, 0.15) is 0 Å². The van der Waals surface area contributed by atoms with Gasteiger partial charge in [-0.15, -0.1) is 0 Å². The molecule has 2 aliphatic rings. The van der Waals surface area contributed by atoms with E-state index in [4.69, 9.17) is 0 Å². The van der Waals surface area contributed by atoms with Gasteiger partial charge in [0, 0.05) is 18.6 Å². The zero-order chi connectivity index (χ0) is 15.0. The molecule has 0 aliphatic heterocycles. The Labute approximate surface area is 130 Å². The summed E-state index contributed by atoms with van der Waals surface area (Å²) in [5.74, 6) is 1.95. The van der Waals surface area contributed by atoms with Gasteiger partial charge in [-0.2, -0.15) is 0 Å². The molecule has 0 heterocycles. The number of hydrogen-bond acceptors (Lipinski definition) is 2. The van der Waals surface area contributed by atoms with Crippen LogP contribution in [0.1, 0.15) is 36.8 Å². The third-order valence-corrected chi connectivity index (χ3v) is 5.83. The van der Waals surface area contributed by atoms with Gasteiger partial charge in [0.05, 0.1) is 0 Å².